The molecule has 0 spiro atoms. The van der Waals surface area contributed by atoms with Crippen LogP contribution in [0.1, 0.15) is 23.6 Å². The number of rotatable bonds is 5. The number of benzene rings is 3. The lowest BCUT2D eigenvalue weighted by Gasteiger charge is -2.19. The summed E-state index contributed by atoms with van der Waals surface area (Å²) in [5.74, 6) is 0. The maximum absolute atomic E-state index is 4.85. The summed E-state index contributed by atoms with van der Waals surface area (Å²) in [7, 11) is 0. The number of fused-ring (bicyclic) bond motifs is 1. The minimum Gasteiger partial charge on any atom is -0.275 e. The second kappa shape index (κ2) is 8.17. The Morgan fingerprint density at radius 2 is 1.63 bits per heavy atom. The van der Waals surface area contributed by atoms with Gasteiger partial charge in [-0.3, -0.25) is 10.4 Å². The molecule has 4 aromatic rings. The molecule has 0 fully saturated rings. The van der Waals surface area contributed by atoms with E-state index in [9.17, 15) is 0 Å². The molecule has 0 saturated heterocycles. The van der Waals surface area contributed by atoms with Crippen molar-refractivity contribution in [3.05, 3.63) is 108 Å². The summed E-state index contributed by atoms with van der Waals surface area (Å²) >= 11 is 0. The Balaban J connectivity index is 1.42. The standard InChI is InChI=1S/C25H21N5/c1-3-9-19(10-4-1)23-17-24(20-11-5-2-6-12-20)30(29-23)18-27-28-22-15-7-13-21-14-8-16-26-25(21)22/h1-16,18,24,28H,17H2/b27-18-/t24-/m1/s1. The topological polar surface area (TPSA) is 52.9 Å². The molecule has 5 heteroatoms. The zero-order valence-corrected chi connectivity index (χ0v) is 16.4. The van der Waals surface area contributed by atoms with Crippen molar-refractivity contribution < 1.29 is 0 Å². The fourth-order valence-electron chi connectivity index (χ4n) is 3.74. The van der Waals surface area contributed by atoms with E-state index in [1.54, 1.807) is 12.5 Å². The van der Waals surface area contributed by atoms with E-state index in [1.807, 2.05) is 59.6 Å². The van der Waals surface area contributed by atoms with Crippen molar-refractivity contribution in [2.24, 2.45) is 10.2 Å². The number of para-hydroxylation sites is 1. The van der Waals surface area contributed by atoms with Crippen LogP contribution in [0, 0.1) is 0 Å². The molecule has 1 atom stereocenters. The number of hydrazone groups is 2. The van der Waals surface area contributed by atoms with Crippen LogP contribution >= 0.6 is 0 Å². The second-order valence-electron chi connectivity index (χ2n) is 7.16. The fraction of sp³-hybridized carbons (Fsp3) is 0.0800. The summed E-state index contributed by atoms with van der Waals surface area (Å²) in [6, 6.07) is 30.8. The van der Waals surface area contributed by atoms with Crippen LogP contribution in [0.5, 0.6) is 0 Å². The summed E-state index contributed by atoms with van der Waals surface area (Å²) in [5, 5.41) is 12.3. The van der Waals surface area contributed by atoms with Crippen molar-refractivity contribution >= 4 is 28.6 Å². The number of anilines is 1. The van der Waals surface area contributed by atoms with Crippen LogP contribution in [0.3, 0.4) is 0 Å². The van der Waals surface area contributed by atoms with Gasteiger partial charge in [-0.25, -0.2) is 5.01 Å². The summed E-state index contributed by atoms with van der Waals surface area (Å²) in [4.78, 5) is 4.47. The first-order valence-electron chi connectivity index (χ1n) is 9.97. The normalized spacial score (nSPS) is 16.2. The number of pyridine rings is 1. The van der Waals surface area contributed by atoms with Crippen LogP contribution in [0.25, 0.3) is 10.9 Å². The Kier molecular flexibility index (Phi) is 4.92. The molecule has 5 rings (SSSR count). The summed E-state index contributed by atoms with van der Waals surface area (Å²) in [6.07, 6.45) is 4.38. The van der Waals surface area contributed by atoms with Crippen molar-refractivity contribution in [2.45, 2.75) is 12.5 Å². The van der Waals surface area contributed by atoms with Gasteiger partial charge in [0.15, 0.2) is 0 Å². The van der Waals surface area contributed by atoms with Gasteiger partial charge in [-0.15, -0.1) is 0 Å². The van der Waals surface area contributed by atoms with Gasteiger partial charge in [0.2, 0.25) is 0 Å². The molecule has 0 aliphatic carbocycles. The molecule has 1 N–H and O–H groups in total. The van der Waals surface area contributed by atoms with Gasteiger partial charge in [0.25, 0.3) is 0 Å². The predicted molar refractivity (Wildman–Crippen MR) is 122 cm³/mol. The predicted octanol–water partition coefficient (Wildman–Crippen LogP) is 5.44. The van der Waals surface area contributed by atoms with Crippen molar-refractivity contribution in [2.75, 3.05) is 5.43 Å². The first kappa shape index (κ1) is 18.1. The van der Waals surface area contributed by atoms with Crippen molar-refractivity contribution in [3.8, 4) is 0 Å². The van der Waals surface area contributed by atoms with E-state index in [-0.39, 0.29) is 6.04 Å². The summed E-state index contributed by atoms with van der Waals surface area (Å²) < 4.78 is 0. The second-order valence-corrected chi connectivity index (χ2v) is 7.16. The maximum atomic E-state index is 4.85. The SMILES string of the molecule is C(=N/Nc1cccc2cccnc12)/N1N=C(c2ccccc2)C[C@@H]1c1ccccc1. The van der Waals surface area contributed by atoms with Crippen LogP contribution in [0.15, 0.2) is 107 Å². The molecule has 5 nitrogen and oxygen atoms in total. The molecule has 1 aliphatic heterocycles. The van der Waals surface area contributed by atoms with Gasteiger partial charge in [0.05, 0.1) is 23.0 Å². The maximum Gasteiger partial charge on any atom is 0.132 e. The van der Waals surface area contributed by atoms with E-state index < -0.39 is 0 Å². The first-order chi connectivity index (χ1) is 14.9. The molecule has 1 aromatic heterocycles. The van der Waals surface area contributed by atoms with Crippen LogP contribution in [0.4, 0.5) is 5.69 Å². The van der Waals surface area contributed by atoms with E-state index in [1.165, 1.54) is 5.56 Å². The minimum absolute atomic E-state index is 0.109. The third-order valence-electron chi connectivity index (χ3n) is 5.23. The monoisotopic (exact) mass is 391 g/mol. The number of hydrogen-bond donors (Lipinski definition) is 1. The van der Waals surface area contributed by atoms with E-state index in [0.29, 0.717) is 0 Å². The van der Waals surface area contributed by atoms with Gasteiger partial charge in [0, 0.05) is 18.0 Å². The highest BCUT2D eigenvalue weighted by molar-refractivity contribution is 6.02. The van der Waals surface area contributed by atoms with Crippen molar-refractivity contribution in [1.82, 2.24) is 9.99 Å². The lowest BCUT2D eigenvalue weighted by molar-refractivity contribution is 0.381. The third kappa shape index (κ3) is 3.65. The van der Waals surface area contributed by atoms with Gasteiger partial charge in [-0.2, -0.15) is 10.2 Å². The highest BCUT2D eigenvalue weighted by atomic mass is 15.5. The molecule has 146 valence electrons. The average molecular weight is 391 g/mol. The average Bonchev–Trinajstić information content (AvgIpc) is 3.25. The van der Waals surface area contributed by atoms with E-state index >= 15 is 0 Å². The Morgan fingerprint density at radius 3 is 2.47 bits per heavy atom. The molecule has 0 unspecified atom stereocenters. The third-order valence-corrected chi connectivity index (χ3v) is 5.23. The molecule has 3 aromatic carbocycles. The Hall–Kier alpha value is -3.99. The smallest absolute Gasteiger partial charge is 0.132 e. The van der Waals surface area contributed by atoms with Crippen molar-refractivity contribution in [3.63, 3.8) is 0 Å². The lowest BCUT2D eigenvalue weighted by atomic mass is 9.99. The van der Waals surface area contributed by atoms with Gasteiger partial charge in [-0.05, 0) is 23.3 Å². The quantitative estimate of drug-likeness (QED) is 0.280. The highest BCUT2D eigenvalue weighted by Gasteiger charge is 2.27. The molecule has 0 bridgehead atoms. The molecule has 1 aliphatic rings. The van der Waals surface area contributed by atoms with E-state index in [0.717, 1.165) is 34.3 Å². The minimum atomic E-state index is 0.109. The molecule has 0 saturated carbocycles. The van der Waals surface area contributed by atoms with Gasteiger partial charge in [0.1, 0.15) is 6.34 Å². The van der Waals surface area contributed by atoms with E-state index in [2.05, 4.69) is 51.9 Å². The Bertz CT molecular complexity index is 1200. The zero-order valence-electron chi connectivity index (χ0n) is 16.4. The molecular formula is C25H21N5. The largest absolute Gasteiger partial charge is 0.275 e. The first-order valence-corrected chi connectivity index (χ1v) is 9.97. The van der Waals surface area contributed by atoms with Gasteiger partial charge >= 0.3 is 0 Å². The fourth-order valence-corrected chi connectivity index (χ4v) is 3.74. The number of aromatic nitrogens is 1. The van der Waals surface area contributed by atoms with Crippen LogP contribution in [0.2, 0.25) is 0 Å². The highest BCUT2D eigenvalue weighted by Crippen LogP contribution is 2.31. The van der Waals surface area contributed by atoms with Crippen LogP contribution < -0.4 is 5.43 Å². The van der Waals surface area contributed by atoms with Gasteiger partial charge in [-0.1, -0.05) is 78.9 Å². The lowest BCUT2D eigenvalue weighted by Crippen LogP contribution is -2.18. The Morgan fingerprint density at radius 1 is 0.867 bits per heavy atom. The molecule has 2 heterocycles. The Labute approximate surface area is 175 Å². The molecule has 0 amide bonds. The van der Waals surface area contributed by atoms with E-state index in [4.69, 9.17) is 5.10 Å². The molecule has 30 heavy (non-hydrogen) atoms. The van der Waals surface area contributed by atoms with Crippen molar-refractivity contribution in [1.29, 1.82) is 0 Å². The van der Waals surface area contributed by atoms with Gasteiger partial charge < -0.3 is 0 Å². The zero-order chi connectivity index (χ0) is 20.2. The summed E-state index contributed by atoms with van der Waals surface area (Å²) in [5.41, 5.74) is 8.31. The number of nitrogens with zero attached hydrogens (tertiary/aromatic N) is 4. The summed E-state index contributed by atoms with van der Waals surface area (Å²) in [6.45, 7) is 0. The number of nitrogens with one attached hydrogen (secondary N) is 1. The van der Waals surface area contributed by atoms with Crippen LogP contribution in [-0.2, 0) is 0 Å². The van der Waals surface area contributed by atoms with Crippen LogP contribution in [-0.4, -0.2) is 22.0 Å². The number of hydrogen-bond acceptors (Lipinski definition) is 4. The molecule has 0 radical (unpaired) electrons. The molecular weight excluding hydrogens is 370 g/mol.